The molecule has 0 bridgehead atoms. The van der Waals surface area contributed by atoms with Gasteiger partial charge in [0.05, 0.1) is 0 Å². The van der Waals surface area contributed by atoms with Crippen molar-refractivity contribution >= 4 is 0 Å². The second-order valence-corrected chi connectivity index (χ2v) is 8.17. The molecule has 1 heteroatoms. The third-order valence-electron chi connectivity index (χ3n) is 5.55. The van der Waals surface area contributed by atoms with Crippen molar-refractivity contribution in [2.24, 2.45) is 0 Å². The van der Waals surface area contributed by atoms with Gasteiger partial charge in [0, 0.05) is 18.8 Å². The molecule has 0 aliphatic heterocycles. The Kier molecular flexibility index (Phi) is 2.66. The van der Waals surface area contributed by atoms with Crippen LogP contribution < -0.4 is 0 Å². The number of hydrogen-bond acceptors (Lipinski definition) is 1. The predicted octanol–water partition coefficient (Wildman–Crippen LogP) is 5.52. The first-order chi connectivity index (χ1) is 11.5. The Morgan fingerprint density at radius 1 is 0.708 bits per heavy atom. The third-order valence-corrected chi connectivity index (χ3v) is 5.55. The zero-order valence-electron chi connectivity index (χ0n) is 14.5. The van der Waals surface area contributed by atoms with E-state index in [1.54, 1.807) is 0 Å². The summed E-state index contributed by atoms with van der Waals surface area (Å²) < 4.78 is 0. The quantitative estimate of drug-likeness (QED) is 0.367. The zero-order chi connectivity index (χ0) is 16.5. The monoisotopic (exact) mass is 311 g/mol. The van der Waals surface area contributed by atoms with E-state index in [-0.39, 0.29) is 5.41 Å². The van der Waals surface area contributed by atoms with Crippen LogP contribution in [0.2, 0.25) is 0 Å². The summed E-state index contributed by atoms with van der Waals surface area (Å²) >= 11 is 0. The highest BCUT2D eigenvalue weighted by atomic mass is 14.6. The maximum Gasteiger partial charge on any atom is 0.0309 e. The number of nitrogens with zero attached hydrogens (tertiary/aromatic N) is 1. The van der Waals surface area contributed by atoms with Gasteiger partial charge in [0.25, 0.3) is 0 Å². The van der Waals surface area contributed by atoms with Crippen LogP contribution in [0.1, 0.15) is 48.6 Å². The van der Waals surface area contributed by atoms with Crippen LogP contribution in [0.15, 0.2) is 48.8 Å². The van der Waals surface area contributed by atoms with E-state index in [1.807, 2.05) is 12.4 Å². The van der Waals surface area contributed by atoms with Gasteiger partial charge < -0.3 is 0 Å². The van der Waals surface area contributed by atoms with Crippen LogP contribution in [-0.4, -0.2) is 4.98 Å². The molecule has 0 fully saturated rings. The van der Waals surface area contributed by atoms with E-state index in [2.05, 4.69) is 62.2 Å². The second-order valence-electron chi connectivity index (χ2n) is 8.17. The third kappa shape index (κ3) is 1.91. The lowest BCUT2D eigenvalue weighted by Crippen LogP contribution is -2.11. The van der Waals surface area contributed by atoms with Crippen molar-refractivity contribution in [2.75, 3.05) is 0 Å². The maximum absolute atomic E-state index is 4.29. The van der Waals surface area contributed by atoms with E-state index in [9.17, 15) is 0 Å². The summed E-state index contributed by atoms with van der Waals surface area (Å²) in [5, 5.41) is 0. The highest BCUT2D eigenvalue weighted by Gasteiger charge is 2.26. The van der Waals surface area contributed by atoms with Gasteiger partial charge in [-0.25, -0.2) is 0 Å². The molecule has 0 spiro atoms. The minimum absolute atomic E-state index is 0.206. The van der Waals surface area contributed by atoms with Crippen molar-refractivity contribution in [2.45, 2.75) is 39.0 Å². The molecule has 5 rings (SSSR count). The van der Waals surface area contributed by atoms with Gasteiger partial charge in [0.2, 0.25) is 0 Å². The topological polar surface area (TPSA) is 12.9 Å². The van der Waals surface area contributed by atoms with Gasteiger partial charge in [-0.05, 0) is 80.1 Å². The SMILES string of the molecule is CC(C)(C)c1ccc2c(c1)Cc1cc3c(cc1-2)Cc1cnccc1-3. The molecule has 3 aromatic rings. The maximum atomic E-state index is 4.29. The molecule has 0 saturated carbocycles. The fourth-order valence-corrected chi connectivity index (χ4v) is 4.19. The molecule has 1 heterocycles. The fraction of sp³-hybridized carbons (Fsp3) is 0.261. The van der Waals surface area contributed by atoms with Crippen LogP contribution in [0.5, 0.6) is 0 Å². The lowest BCUT2D eigenvalue weighted by Gasteiger charge is -2.20. The van der Waals surface area contributed by atoms with E-state index in [0.29, 0.717) is 0 Å². The molecule has 2 aromatic carbocycles. The first-order valence-corrected chi connectivity index (χ1v) is 8.73. The molecule has 24 heavy (non-hydrogen) atoms. The van der Waals surface area contributed by atoms with Gasteiger partial charge >= 0.3 is 0 Å². The molecule has 0 radical (unpaired) electrons. The van der Waals surface area contributed by atoms with Gasteiger partial charge in [-0.1, -0.05) is 39.0 Å². The highest BCUT2D eigenvalue weighted by Crippen LogP contribution is 2.45. The average molecular weight is 311 g/mol. The van der Waals surface area contributed by atoms with E-state index in [0.717, 1.165) is 12.8 Å². The Morgan fingerprint density at radius 3 is 2.04 bits per heavy atom. The average Bonchev–Trinajstić information content (AvgIpc) is 3.08. The Bertz CT molecular complexity index is 989. The number of aromatic nitrogens is 1. The summed E-state index contributed by atoms with van der Waals surface area (Å²) in [4.78, 5) is 4.29. The summed E-state index contributed by atoms with van der Waals surface area (Å²) in [6.45, 7) is 6.86. The summed E-state index contributed by atoms with van der Waals surface area (Å²) in [5.74, 6) is 0. The Balaban J connectivity index is 1.64. The molecule has 0 saturated heterocycles. The first-order valence-electron chi connectivity index (χ1n) is 8.73. The number of fused-ring (bicyclic) bond motifs is 6. The molecule has 1 nitrogen and oxygen atoms in total. The molecule has 118 valence electrons. The van der Waals surface area contributed by atoms with Crippen molar-refractivity contribution in [3.63, 3.8) is 0 Å². The van der Waals surface area contributed by atoms with Crippen molar-refractivity contribution in [3.8, 4) is 22.3 Å². The molecule has 2 aliphatic rings. The number of pyridine rings is 1. The number of rotatable bonds is 0. The predicted molar refractivity (Wildman–Crippen MR) is 99.4 cm³/mol. The van der Waals surface area contributed by atoms with Gasteiger partial charge in [0.1, 0.15) is 0 Å². The van der Waals surface area contributed by atoms with Crippen molar-refractivity contribution < 1.29 is 0 Å². The molecule has 2 aliphatic carbocycles. The Labute approximate surface area is 143 Å². The van der Waals surface area contributed by atoms with Gasteiger partial charge in [-0.2, -0.15) is 0 Å². The normalized spacial score (nSPS) is 14.1. The van der Waals surface area contributed by atoms with E-state index < -0.39 is 0 Å². The molecule has 0 unspecified atom stereocenters. The summed E-state index contributed by atoms with van der Waals surface area (Å²) in [7, 11) is 0. The van der Waals surface area contributed by atoms with Crippen molar-refractivity contribution in [1.82, 2.24) is 4.98 Å². The lowest BCUT2D eigenvalue weighted by molar-refractivity contribution is 0.590. The van der Waals surface area contributed by atoms with Crippen molar-refractivity contribution in [3.05, 3.63) is 76.6 Å². The fourth-order valence-electron chi connectivity index (χ4n) is 4.19. The smallest absolute Gasteiger partial charge is 0.0309 e. The summed E-state index contributed by atoms with van der Waals surface area (Å²) in [5.41, 5.74) is 13.0. The Hall–Kier alpha value is -2.41. The van der Waals surface area contributed by atoms with Gasteiger partial charge in [-0.3, -0.25) is 4.98 Å². The standard InChI is InChI=1S/C23H21N/c1-23(2,3)18-4-5-19-14(10-18)8-15-11-22-16(12-21(15)19)9-17-13-24-7-6-20(17)22/h4-7,10-13H,8-9H2,1-3H3. The van der Waals surface area contributed by atoms with Crippen LogP contribution in [0.4, 0.5) is 0 Å². The molecule has 1 aromatic heterocycles. The van der Waals surface area contributed by atoms with Crippen LogP contribution in [0.3, 0.4) is 0 Å². The van der Waals surface area contributed by atoms with Crippen LogP contribution >= 0.6 is 0 Å². The van der Waals surface area contributed by atoms with E-state index in [1.165, 1.54) is 50.1 Å². The van der Waals surface area contributed by atoms with E-state index in [4.69, 9.17) is 0 Å². The first kappa shape index (κ1) is 14.0. The molecule has 0 N–H and O–H groups in total. The second kappa shape index (κ2) is 4.57. The van der Waals surface area contributed by atoms with Gasteiger partial charge in [0.15, 0.2) is 0 Å². The minimum atomic E-state index is 0.206. The highest BCUT2D eigenvalue weighted by molar-refractivity contribution is 5.85. The molecular weight excluding hydrogens is 290 g/mol. The van der Waals surface area contributed by atoms with Gasteiger partial charge in [-0.15, -0.1) is 0 Å². The lowest BCUT2D eigenvalue weighted by atomic mass is 9.85. The summed E-state index contributed by atoms with van der Waals surface area (Å²) in [6.07, 6.45) is 6.00. The molecular formula is C23H21N. The Morgan fingerprint density at radius 2 is 1.33 bits per heavy atom. The number of benzene rings is 2. The largest absolute Gasteiger partial charge is 0.264 e. The van der Waals surface area contributed by atoms with Crippen LogP contribution in [0.25, 0.3) is 22.3 Å². The number of hydrogen-bond donors (Lipinski definition) is 0. The van der Waals surface area contributed by atoms with E-state index >= 15 is 0 Å². The van der Waals surface area contributed by atoms with Crippen LogP contribution in [-0.2, 0) is 18.3 Å². The van der Waals surface area contributed by atoms with Crippen LogP contribution in [0, 0.1) is 0 Å². The van der Waals surface area contributed by atoms with Crippen molar-refractivity contribution in [1.29, 1.82) is 0 Å². The molecule has 0 atom stereocenters. The minimum Gasteiger partial charge on any atom is -0.264 e. The zero-order valence-corrected chi connectivity index (χ0v) is 14.5. The summed E-state index contributed by atoms with van der Waals surface area (Å²) in [6, 6.07) is 14.1. The molecule has 0 amide bonds.